The summed E-state index contributed by atoms with van der Waals surface area (Å²) >= 11 is 6.69. The Balaban J connectivity index is 1.52. The van der Waals surface area contributed by atoms with Crippen molar-refractivity contribution in [3.63, 3.8) is 0 Å². The molecule has 3 saturated carbocycles. The molecule has 0 spiro atoms. The van der Waals surface area contributed by atoms with Crippen LogP contribution < -0.4 is 4.74 Å². The van der Waals surface area contributed by atoms with Crippen LogP contribution in [0.25, 0.3) is 0 Å². The van der Waals surface area contributed by atoms with E-state index in [9.17, 15) is 9.90 Å². The minimum absolute atomic E-state index is 0.0766. The van der Waals surface area contributed by atoms with E-state index in [1.807, 2.05) is 6.07 Å². The first-order valence-corrected chi connectivity index (χ1v) is 9.98. The van der Waals surface area contributed by atoms with Crippen molar-refractivity contribution in [1.29, 1.82) is 0 Å². The minimum Gasteiger partial charge on any atom is -0.496 e. The van der Waals surface area contributed by atoms with Gasteiger partial charge in [0, 0.05) is 0 Å². The molecule has 1 aliphatic heterocycles. The molecular formula is C20H26BClO5. The lowest BCUT2D eigenvalue weighted by Gasteiger charge is -2.64. The molecule has 5 atom stereocenters. The summed E-state index contributed by atoms with van der Waals surface area (Å²) in [5.74, 6) is 0.492. The van der Waals surface area contributed by atoms with E-state index in [-0.39, 0.29) is 22.7 Å². The van der Waals surface area contributed by atoms with Crippen LogP contribution >= 0.6 is 11.6 Å². The van der Waals surface area contributed by atoms with Gasteiger partial charge in [-0.05, 0) is 55.1 Å². The van der Waals surface area contributed by atoms with Crippen molar-refractivity contribution in [1.82, 2.24) is 0 Å². The van der Waals surface area contributed by atoms with Gasteiger partial charge in [-0.1, -0.05) is 26.0 Å². The third-order valence-corrected chi connectivity index (χ3v) is 7.57. The highest BCUT2D eigenvalue weighted by Gasteiger charge is 2.68. The quantitative estimate of drug-likeness (QED) is 0.610. The summed E-state index contributed by atoms with van der Waals surface area (Å²) in [5.41, 5.74) is 0.859. The lowest BCUT2D eigenvalue weighted by atomic mass is 9.43. The van der Waals surface area contributed by atoms with Gasteiger partial charge in [-0.3, -0.25) is 0 Å². The van der Waals surface area contributed by atoms with Crippen LogP contribution in [0.1, 0.15) is 49.5 Å². The summed E-state index contributed by atoms with van der Waals surface area (Å²) < 4.78 is 18.0. The third kappa shape index (κ3) is 2.79. The number of methoxy groups -OCH3 is 1. The van der Waals surface area contributed by atoms with Crippen LogP contribution in [-0.4, -0.2) is 42.3 Å². The van der Waals surface area contributed by atoms with Gasteiger partial charge in [0.05, 0.1) is 24.1 Å². The van der Waals surface area contributed by atoms with Crippen molar-refractivity contribution >= 4 is 24.7 Å². The molecule has 4 fully saturated rings. The van der Waals surface area contributed by atoms with E-state index in [1.165, 1.54) is 19.6 Å². The molecule has 2 bridgehead atoms. The molecule has 1 saturated heterocycles. The van der Waals surface area contributed by atoms with Crippen LogP contribution in [0.2, 0.25) is 0 Å². The summed E-state index contributed by atoms with van der Waals surface area (Å²) in [6.45, 7) is 6.81. The van der Waals surface area contributed by atoms with Gasteiger partial charge >= 0.3 is 13.1 Å². The van der Waals surface area contributed by atoms with Crippen molar-refractivity contribution in [3.05, 3.63) is 29.3 Å². The molecule has 1 heterocycles. The molecule has 0 aromatic heterocycles. The van der Waals surface area contributed by atoms with E-state index in [0.29, 0.717) is 24.0 Å². The van der Waals surface area contributed by atoms with Crippen LogP contribution in [0.15, 0.2) is 18.2 Å². The molecule has 3 aliphatic carbocycles. The minimum atomic E-state index is -1.02. The molecule has 4 aliphatic rings. The van der Waals surface area contributed by atoms with Crippen molar-refractivity contribution in [2.45, 2.75) is 57.0 Å². The standard InChI is InChI=1S/C20H26BClO5/c1-19(2)12-9-14(19)20(3)15(10-12)26-21(27-20)16(22)8-11-6-5-7-13(18(23)24)17(11)25-4/h5-7,12,14-16H,8-10H2,1-4H3,(H,23,24)/t12-,14-,15?,16?,20-/m0/s1. The van der Waals surface area contributed by atoms with Crippen LogP contribution in [0.4, 0.5) is 0 Å². The second kappa shape index (κ2) is 6.40. The Kier molecular flexibility index (Phi) is 4.52. The van der Waals surface area contributed by atoms with Gasteiger partial charge in [0.1, 0.15) is 11.3 Å². The van der Waals surface area contributed by atoms with Crippen molar-refractivity contribution in [2.75, 3.05) is 7.11 Å². The fourth-order valence-corrected chi connectivity index (χ4v) is 5.79. The summed E-state index contributed by atoms with van der Waals surface area (Å²) in [6, 6.07) is 5.07. The number of ether oxygens (including phenoxy) is 1. The predicted octanol–water partition coefficient (Wildman–Crippen LogP) is 3.81. The number of aromatic carboxylic acids is 1. The highest BCUT2D eigenvalue weighted by Crippen LogP contribution is 2.65. The molecule has 5 rings (SSSR count). The normalized spacial score (nSPS) is 34.6. The smallest absolute Gasteiger partial charge is 0.477 e. The molecule has 2 unspecified atom stereocenters. The maximum absolute atomic E-state index is 11.4. The van der Waals surface area contributed by atoms with E-state index in [2.05, 4.69) is 20.8 Å². The number of alkyl halides is 1. The molecule has 0 radical (unpaired) electrons. The first-order valence-electron chi connectivity index (χ1n) is 9.55. The van der Waals surface area contributed by atoms with E-state index >= 15 is 0 Å². The Morgan fingerprint density at radius 2 is 2.15 bits per heavy atom. The fraction of sp³-hybridized carbons (Fsp3) is 0.650. The average molecular weight is 393 g/mol. The number of rotatable bonds is 5. The van der Waals surface area contributed by atoms with Gasteiger partial charge in [-0.25, -0.2) is 4.79 Å². The van der Waals surface area contributed by atoms with Crippen molar-refractivity contribution in [3.8, 4) is 5.75 Å². The highest BCUT2D eigenvalue weighted by molar-refractivity contribution is 6.60. The number of benzene rings is 1. The van der Waals surface area contributed by atoms with Crippen molar-refractivity contribution < 1.29 is 23.9 Å². The maximum Gasteiger partial charge on any atom is 0.477 e. The summed E-state index contributed by atoms with van der Waals surface area (Å²) in [5, 5.41) is 8.94. The zero-order valence-corrected chi connectivity index (χ0v) is 17.0. The SMILES string of the molecule is COc1c(CC(Cl)B2OC3C[C@@H]4C[C@@H](C4(C)C)[C@]3(C)O2)cccc1C(=O)O. The molecule has 1 N–H and O–H groups in total. The number of halogens is 1. The Labute approximate surface area is 165 Å². The molecule has 1 aromatic carbocycles. The maximum atomic E-state index is 11.4. The van der Waals surface area contributed by atoms with Gasteiger partial charge < -0.3 is 19.2 Å². The molecular weight excluding hydrogens is 366 g/mol. The molecule has 27 heavy (non-hydrogen) atoms. The zero-order valence-electron chi connectivity index (χ0n) is 16.2. The second-order valence-corrected chi connectivity index (χ2v) is 9.42. The Morgan fingerprint density at radius 3 is 2.78 bits per heavy atom. The zero-order chi connectivity index (χ0) is 19.6. The van der Waals surface area contributed by atoms with E-state index in [1.54, 1.807) is 6.07 Å². The number of carboxylic acid groups (broad SMARTS) is 1. The van der Waals surface area contributed by atoms with E-state index in [0.717, 1.165) is 12.0 Å². The first kappa shape index (κ1) is 19.1. The predicted molar refractivity (Wildman–Crippen MR) is 103 cm³/mol. The Bertz CT molecular complexity index is 769. The van der Waals surface area contributed by atoms with Gasteiger partial charge in [0.2, 0.25) is 0 Å². The molecule has 5 nitrogen and oxygen atoms in total. The molecule has 0 amide bonds. The van der Waals surface area contributed by atoms with Crippen LogP contribution in [0.3, 0.4) is 0 Å². The van der Waals surface area contributed by atoms with E-state index < -0.39 is 18.4 Å². The monoisotopic (exact) mass is 392 g/mol. The number of para-hydroxylation sites is 1. The molecule has 146 valence electrons. The second-order valence-electron chi connectivity index (χ2n) is 8.86. The fourth-order valence-electron chi connectivity index (χ4n) is 5.51. The van der Waals surface area contributed by atoms with Gasteiger partial charge in [-0.2, -0.15) is 0 Å². The summed E-state index contributed by atoms with van der Waals surface area (Å²) in [7, 11) is 0.970. The number of hydrogen-bond donors (Lipinski definition) is 1. The number of hydrogen-bond acceptors (Lipinski definition) is 4. The average Bonchev–Trinajstić information content (AvgIpc) is 2.98. The summed E-state index contributed by atoms with van der Waals surface area (Å²) in [6.07, 6.45) is 2.69. The van der Waals surface area contributed by atoms with Crippen LogP contribution in [-0.2, 0) is 15.7 Å². The molecule has 1 aromatic rings. The largest absolute Gasteiger partial charge is 0.496 e. The number of carbonyl (C=O) groups is 1. The summed E-state index contributed by atoms with van der Waals surface area (Å²) in [4.78, 5) is 11.4. The lowest BCUT2D eigenvalue weighted by molar-refractivity contribution is -0.199. The first-order chi connectivity index (χ1) is 12.7. The van der Waals surface area contributed by atoms with Gasteiger partial charge in [0.15, 0.2) is 0 Å². The number of carboxylic acids is 1. The Hall–Kier alpha value is -1.24. The van der Waals surface area contributed by atoms with Crippen molar-refractivity contribution in [2.24, 2.45) is 17.3 Å². The topological polar surface area (TPSA) is 65.0 Å². The highest BCUT2D eigenvalue weighted by atomic mass is 35.5. The lowest BCUT2D eigenvalue weighted by Crippen LogP contribution is -2.65. The van der Waals surface area contributed by atoms with Gasteiger partial charge in [-0.15, -0.1) is 11.6 Å². The Morgan fingerprint density at radius 1 is 1.41 bits per heavy atom. The van der Waals surface area contributed by atoms with Crippen LogP contribution in [0, 0.1) is 17.3 Å². The molecule has 7 heteroatoms. The van der Waals surface area contributed by atoms with Crippen LogP contribution in [0.5, 0.6) is 5.75 Å². The van der Waals surface area contributed by atoms with Gasteiger partial charge in [0.25, 0.3) is 0 Å². The third-order valence-electron chi connectivity index (χ3n) is 7.21. The van der Waals surface area contributed by atoms with E-state index in [4.69, 9.17) is 25.6 Å².